The summed E-state index contributed by atoms with van der Waals surface area (Å²) < 4.78 is 13.2. The molecule has 156 valence electrons. The number of ether oxygens (including phenoxy) is 2. The summed E-state index contributed by atoms with van der Waals surface area (Å²) in [6.45, 7) is 1.59. The van der Waals surface area contributed by atoms with Crippen LogP contribution >= 0.6 is 0 Å². The van der Waals surface area contributed by atoms with Crippen molar-refractivity contribution in [2.24, 2.45) is 5.92 Å². The zero-order valence-corrected chi connectivity index (χ0v) is 16.9. The van der Waals surface area contributed by atoms with Crippen LogP contribution in [-0.4, -0.2) is 58.2 Å². The number of benzene rings is 1. The Morgan fingerprint density at radius 2 is 1.93 bits per heavy atom. The molecule has 2 aromatic heterocycles. The van der Waals surface area contributed by atoms with Gasteiger partial charge in [-0.05, 0) is 42.2 Å². The first-order valence-corrected chi connectivity index (χ1v) is 10.3. The lowest BCUT2D eigenvalue weighted by atomic mass is 9.81. The molecule has 2 aliphatic rings. The van der Waals surface area contributed by atoms with Crippen molar-refractivity contribution in [3.63, 3.8) is 0 Å². The molecule has 1 amide bonds. The van der Waals surface area contributed by atoms with Crippen molar-refractivity contribution >= 4 is 11.4 Å². The van der Waals surface area contributed by atoms with Crippen molar-refractivity contribution in [2.75, 3.05) is 26.8 Å². The van der Waals surface area contributed by atoms with Crippen molar-refractivity contribution in [3.8, 4) is 16.9 Å². The molecule has 0 radical (unpaired) electrons. The van der Waals surface area contributed by atoms with E-state index in [1.54, 1.807) is 13.4 Å². The van der Waals surface area contributed by atoms with E-state index in [2.05, 4.69) is 17.2 Å². The Hall–Kier alpha value is -2.90. The van der Waals surface area contributed by atoms with Crippen molar-refractivity contribution in [1.29, 1.82) is 0 Å². The smallest absolute Gasteiger partial charge is 0.226 e. The van der Waals surface area contributed by atoms with Crippen LogP contribution in [0.25, 0.3) is 16.6 Å². The minimum atomic E-state index is -0.326. The monoisotopic (exact) mass is 407 g/mol. The summed E-state index contributed by atoms with van der Waals surface area (Å²) in [5.41, 5.74) is 4.01. The van der Waals surface area contributed by atoms with Crippen LogP contribution in [0.2, 0.25) is 0 Å². The third-order valence-corrected chi connectivity index (χ3v) is 6.13. The normalized spacial score (nSPS) is 23.9. The number of hydrogen-bond acceptors (Lipinski definition) is 5. The summed E-state index contributed by atoms with van der Waals surface area (Å²) in [4.78, 5) is 19.1. The summed E-state index contributed by atoms with van der Waals surface area (Å²) in [5.74, 6) is 0.901. The second kappa shape index (κ2) is 7.74. The standard InChI is InChI=1S/C23H25N3O4/c1-29-19-5-2-15(3-6-19)16-4-7-20-22(24-14-26(20)12-16)21-13-25(8-9-30-21)23(28)17-10-18(27)11-17/h2-7,12,14,17-18,21,27H,8-11,13H2,1H3. The maximum absolute atomic E-state index is 12.7. The molecule has 1 aliphatic carbocycles. The highest BCUT2D eigenvalue weighted by molar-refractivity contribution is 5.80. The van der Waals surface area contributed by atoms with Crippen LogP contribution in [-0.2, 0) is 9.53 Å². The number of methoxy groups -OCH3 is 1. The first kappa shape index (κ1) is 19.1. The average molecular weight is 407 g/mol. The van der Waals surface area contributed by atoms with Gasteiger partial charge in [-0.15, -0.1) is 0 Å². The molecule has 3 heterocycles. The number of pyridine rings is 1. The molecule has 7 nitrogen and oxygen atoms in total. The van der Waals surface area contributed by atoms with Crippen LogP contribution < -0.4 is 4.74 Å². The van der Waals surface area contributed by atoms with Gasteiger partial charge in [0.25, 0.3) is 0 Å². The Labute approximate surface area is 174 Å². The van der Waals surface area contributed by atoms with Crippen LogP contribution in [0.1, 0.15) is 24.6 Å². The number of carbonyl (C=O) groups is 1. The Bertz CT molecular complexity index is 1060. The van der Waals surface area contributed by atoms with Gasteiger partial charge in [-0.1, -0.05) is 18.2 Å². The van der Waals surface area contributed by atoms with Gasteiger partial charge in [-0.3, -0.25) is 4.79 Å². The summed E-state index contributed by atoms with van der Waals surface area (Å²) in [7, 11) is 1.66. The highest BCUT2D eigenvalue weighted by Gasteiger charge is 2.38. The minimum absolute atomic E-state index is 0.0513. The molecule has 1 aliphatic heterocycles. The fraction of sp³-hybridized carbons (Fsp3) is 0.391. The Balaban J connectivity index is 1.36. The van der Waals surface area contributed by atoms with E-state index in [4.69, 9.17) is 9.47 Å². The lowest BCUT2D eigenvalue weighted by Crippen LogP contribution is -2.48. The summed E-state index contributed by atoms with van der Waals surface area (Å²) in [6, 6.07) is 12.1. The van der Waals surface area contributed by atoms with Crippen LogP contribution in [0.3, 0.4) is 0 Å². The van der Waals surface area contributed by atoms with Gasteiger partial charge in [0.05, 0.1) is 43.9 Å². The molecule has 7 heteroatoms. The lowest BCUT2D eigenvalue weighted by Gasteiger charge is -2.38. The van der Waals surface area contributed by atoms with E-state index in [0.29, 0.717) is 32.5 Å². The molecule has 1 saturated heterocycles. The maximum Gasteiger partial charge on any atom is 0.226 e. The number of nitrogens with zero attached hydrogens (tertiary/aromatic N) is 3. The predicted octanol–water partition coefficient (Wildman–Crippen LogP) is 2.68. The number of hydrogen-bond donors (Lipinski definition) is 1. The lowest BCUT2D eigenvalue weighted by molar-refractivity contribution is -0.150. The molecule has 0 bridgehead atoms. The maximum atomic E-state index is 12.7. The minimum Gasteiger partial charge on any atom is -0.497 e. The van der Waals surface area contributed by atoms with Gasteiger partial charge in [0.2, 0.25) is 5.91 Å². The van der Waals surface area contributed by atoms with Gasteiger partial charge in [-0.25, -0.2) is 4.98 Å². The molecule has 1 unspecified atom stereocenters. The number of carbonyl (C=O) groups excluding carboxylic acids is 1. The molecule has 5 rings (SSSR count). The van der Waals surface area contributed by atoms with Gasteiger partial charge in [-0.2, -0.15) is 0 Å². The van der Waals surface area contributed by atoms with E-state index >= 15 is 0 Å². The number of morpholine rings is 1. The quantitative estimate of drug-likeness (QED) is 0.720. The first-order valence-electron chi connectivity index (χ1n) is 10.3. The summed E-state index contributed by atoms with van der Waals surface area (Å²) in [6.07, 6.45) is 4.42. The van der Waals surface area contributed by atoms with Crippen LogP contribution in [0.5, 0.6) is 5.75 Å². The summed E-state index contributed by atoms with van der Waals surface area (Å²) >= 11 is 0. The van der Waals surface area contributed by atoms with E-state index in [0.717, 1.165) is 28.1 Å². The number of imidazole rings is 1. The number of fused-ring (bicyclic) bond motifs is 1. The summed E-state index contributed by atoms with van der Waals surface area (Å²) in [5, 5.41) is 9.50. The van der Waals surface area contributed by atoms with E-state index in [1.807, 2.05) is 39.6 Å². The second-order valence-corrected chi connectivity index (χ2v) is 8.03. The molecule has 1 saturated carbocycles. The van der Waals surface area contributed by atoms with E-state index in [9.17, 15) is 9.90 Å². The zero-order valence-electron chi connectivity index (χ0n) is 16.9. The molecule has 1 aromatic carbocycles. The third-order valence-electron chi connectivity index (χ3n) is 6.13. The van der Waals surface area contributed by atoms with E-state index in [1.165, 1.54) is 0 Å². The molecule has 3 aromatic rings. The van der Waals surface area contributed by atoms with Gasteiger partial charge in [0.1, 0.15) is 11.9 Å². The van der Waals surface area contributed by atoms with Crippen molar-refractivity contribution < 1.29 is 19.4 Å². The average Bonchev–Trinajstić information content (AvgIpc) is 3.20. The molecule has 0 spiro atoms. The van der Waals surface area contributed by atoms with Crippen molar-refractivity contribution in [2.45, 2.75) is 25.0 Å². The number of amides is 1. The molecular formula is C23H25N3O4. The molecule has 30 heavy (non-hydrogen) atoms. The van der Waals surface area contributed by atoms with Crippen molar-refractivity contribution in [3.05, 3.63) is 54.6 Å². The fourth-order valence-corrected chi connectivity index (χ4v) is 4.29. The zero-order chi connectivity index (χ0) is 20.7. The molecular weight excluding hydrogens is 382 g/mol. The third kappa shape index (κ3) is 3.44. The fourth-order valence-electron chi connectivity index (χ4n) is 4.29. The number of rotatable bonds is 4. The largest absolute Gasteiger partial charge is 0.497 e. The highest BCUT2D eigenvalue weighted by atomic mass is 16.5. The van der Waals surface area contributed by atoms with Crippen molar-refractivity contribution in [1.82, 2.24) is 14.3 Å². The predicted molar refractivity (Wildman–Crippen MR) is 111 cm³/mol. The first-order chi connectivity index (χ1) is 14.6. The molecule has 1 N–H and O–H groups in total. The Morgan fingerprint density at radius 1 is 1.17 bits per heavy atom. The number of aliphatic hydroxyl groups is 1. The number of aliphatic hydroxyl groups excluding tert-OH is 1. The van der Waals surface area contributed by atoms with Crippen LogP contribution in [0.15, 0.2) is 48.9 Å². The SMILES string of the molecule is COc1ccc(-c2ccc3c(C4CN(C(=O)C5CC(O)C5)CCO4)ncn3c2)cc1. The van der Waals surface area contributed by atoms with Gasteiger partial charge in [0, 0.05) is 18.7 Å². The van der Waals surface area contributed by atoms with Crippen LogP contribution in [0.4, 0.5) is 0 Å². The Morgan fingerprint density at radius 3 is 2.67 bits per heavy atom. The number of aromatic nitrogens is 2. The molecule has 1 atom stereocenters. The van der Waals surface area contributed by atoms with Crippen LogP contribution in [0, 0.1) is 5.92 Å². The molecule has 2 fully saturated rings. The topological polar surface area (TPSA) is 76.3 Å². The van der Waals surface area contributed by atoms with Gasteiger partial charge < -0.3 is 23.9 Å². The second-order valence-electron chi connectivity index (χ2n) is 8.03. The van der Waals surface area contributed by atoms with Gasteiger partial charge in [0.15, 0.2) is 0 Å². The highest BCUT2D eigenvalue weighted by Crippen LogP contribution is 2.32. The van der Waals surface area contributed by atoms with E-state index in [-0.39, 0.29) is 24.0 Å². The van der Waals surface area contributed by atoms with E-state index < -0.39 is 0 Å². The van der Waals surface area contributed by atoms with Gasteiger partial charge >= 0.3 is 0 Å². The Kier molecular flexibility index (Phi) is 4.92.